The van der Waals surface area contributed by atoms with Crippen molar-refractivity contribution in [2.24, 2.45) is 0 Å². The summed E-state index contributed by atoms with van der Waals surface area (Å²) in [6, 6.07) is 0. The zero-order valence-electron chi connectivity index (χ0n) is 11.3. The van der Waals surface area contributed by atoms with Crippen molar-refractivity contribution in [3.05, 3.63) is 0 Å². The van der Waals surface area contributed by atoms with E-state index in [1.807, 2.05) is 0 Å². The van der Waals surface area contributed by atoms with Gasteiger partial charge in [0.15, 0.2) is 5.60 Å². The lowest BCUT2D eigenvalue weighted by atomic mass is 9.93. The van der Waals surface area contributed by atoms with Crippen LogP contribution in [-0.2, 0) is 14.3 Å². The molecule has 1 aliphatic heterocycles. The van der Waals surface area contributed by atoms with E-state index in [-0.39, 0.29) is 6.54 Å². The number of hydrogen-bond donors (Lipinski definition) is 2. The number of carbonyl (C=O) groups excluding carboxylic acids is 1. The molecule has 18 heavy (non-hydrogen) atoms. The van der Waals surface area contributed by atoms with Gasteiger partial charge < -0.3 is 24.6 Å². The van der Waals surface area contributed by atoms with Crippen molar-refractivity contribution in [1.29, 1.82) is 0 Å². The molecule has 0 bridgehead atoms. The Kier molecular flexibility index (Phi) is 5.10. The highest BCUT2D eigenvalue weighted by atomic mass is 16.5. The van der Waals surface area contributed by atoms with E-state index in [1.54, 1.807) is 11.9 Å². The number of likely N-dealkylation sites (N-methyl/N-ethyl adjacent to an activating group) is 1. The first-order valence-electron chi connectivity index (χ1n) is 6.08. The van der Waals surface area contributed by atoms with Crippen LogP contribution in [0, 0.1) is 0 Å². The highest BCUT2D eigenvalue weighted by Gasteiger charge is 2.36. The van der Waals surface area contributed by atoms with Gasteiger partial charge in [-0.1, -0.05) is 0 Å². The van der Waals surface area contributed by atoms with E-state index >= 15 is 0 Å². The molecular weight excluding hydrogens is 238 g/mol. The zero-order chi connectivity index (χ0) is 13.8. The van der Waals surface area contributed by atoms with E-state index in [1.165, 1.54) is 14.0 Å². The molecule has 0 saturated carbocycles. The van der Waals surface area contributed by atoms with Crippen LogP contribution in [0.5, 0.6) is 0 Å². The van der Waals surface area contributed by atoms with Crippen molar-refractivity contribution >= 4 is 5.97 Å². The molecule has 1 unspecified atom stereocenters. The molecule has 1 fully saturated rings. The molecular formula is C12H23NO5. The lowest BCUT2D eigenvalue weighted by Gasteiger charge is -2.37. The first-order valence-corrected chi connectivity index (χ1v) is 6.08. The van der Waals surface area contributed by atoms with Crippen LogP contribution < -0.4 is 0 Å². The Balaban J connectivity index is 2.50. The van der Waals surface area contributed by atoms with Gasteiger partial charge in [-0.05, 0) is 14.0 Å². The van der Waals surface area contributed by atoms with Crippen LogP contribution in [0.15, 0.2) is 0 Å². The maximum Gasteiger partial charge on any atom is 0.338 e. The fourth-order valence-corrected chi connectivity index (χ4v) is 2.28. The molecule has 0 aliphatic carbocycles. The fraction of sp³-hybridized carbons (Fsp3) is 0.917. The quantitative estimate of drug-likeness (QED) is 0.642. The summed E-state index contributed by atoms with van der Waals surface area (Å²) >= 11 is 0. The molecule has 1 rings (SSSR count). The van der Waals surface area contributed by atoms with Crippen LogP contribution >= 0.6 is 0 Å². The lowest BCUT2D eigenvalue weighted by Crippen LogP contribution is -2.52. The summed E-state index contributed by atoms with van der Waals surface area (Å²) in [6.45, 7) is 2.99. The average Bonchev–Trinajstić information content (AvgIpc) is 2.27. The largest absolute Gasteiger partial charge is 0.467 e. The summed E-state index contributed by atoms with van der Waals surface area (Å²) < 4.78 is 9.73. The molecule has 1 heterocycles. The second-order valence-corrected chi connectivity index (χ2v) is 5.27. The van der Waals surface area contributed by atoms with E-state index in [9.17, 15) is 15.0 Å². The fourth-order valence-electron chi connectivity index (χ4n) is 2.28. The molecule has 6 nitrogen and oxygen atoms in total. The molecule has 1 atom stereocenters. The smallest absolute Gasteiger partial charge is 0.338 e. The monoisotopic (exact) mass is 261 g/mol. The molecule has 1 saturated heterocycles. The van der Waals surface area contributed by atoms with Gasteiger partial charge in [0.1, 0.15) is 0 Å². The topological polar surface area (TPSA) is 79.2 Å². The molecule has 106 valence electrons. The summed E-state index contributed by atoms with van der Waals surface area (Å²) in [5, 5.41) is 20.3. The van der Waals surface area contributed by atoms with Crippen LogP contribution in [-0.4, -0.2) is 72.7 Å². The average molecular weight is 261 g/mol. The molecule has 1 aliphatic rings. The van der Waals surface area contributed by atoms with Gasteiger partial charge in [0.2, 0.25) is 0 Å². The van der Waals surface area contributed by atoms with E-state index in [0.717, 1.165) is 0 Å². The van der Waals surface area contributed by atoms with Crippen molar-refractivity contribution in [3.63, 3.8) is 0 Å². The number of hydrogen-bond acceptors (Lipinski definition) is 6. The number of esters is 1. The van der Waals surface area contributed by atoms with Crippen LogP contribution in [0.4, 0.5) is 0 Å². The standard InChI is InChI=1S/C12H23NO5/c1-11(15,10(14)17-3)8-13(2)9-12(16)4-6-18-7-5-12/h15-16H,4-9H2,1-3H3. The van der Waals surface area contributed by atoms with Gasteiger partial charge in [-0.3, -0.25) is 0 Å². The summed E-state index contributed by atoms with van der Waals surface area (Å²) in [4.78, 5) is 13.1. The van der Waals surface area contributed by atoms with Crippen LogP contribution in [0.25, 0.3) is 0 Å². The third kappa shape index (κ3) is 4.20. The first-order chi connectivity index (χ1) is 8.29. The Hall–Kier alpha value is -0.690. The SMILES string of the molecule is COC(=O)C(C)(O)CN(C)CC1(O)CCOCC1. The highest BCUT2D eigenvalue weighted by Crippen LogP contribution is 2.22. The van der Waals surface area contributed by atoms with Crippen LogP contribution in [0.3, 0.4) is 0 Å². The van der Waals surface area contributed by atoms with E-state index < -0.39 is 17.2 Å². The minimum Gasteiger partial charge on any atom is -0.467 e. The minimum atomic E-state index is -1.56. The van der Waals surface area contributed by atoms with Crippen LogP contribution in [0.2, 0.25) is 0 Å². The van der Waals surface area contributed by atoms with Crippen LogP contribution in [0.1, 0.15) is 19.8 Å². The van der Waals surface area contributed by atoms with Gasteiger partial charge in [-0.15, -0.1) is 0 Å². The number of ether oxygens (including phenoxy) is 2. The molecule has 0 aromatic carbocycles. The minimum absolute atomic E-state index is 0.114. The number of rotatable bonds is 5. The van der Waals surface area contributed by atoms with Crippen molar-refractivity contribution in [3.8, 4) is 0 Å². The number of nitrogens with zero attached hydrogens (tertiary/aromatic N) is 1. The summed E-state index contributed by atoms with van der Waals surface area (Å²) in [7, 11) is 2.99. The van der Waals surface area contributed by atoms with Crippen molar-refractivity contribution in [2.45, 2.75) is 31.0 Å². The number of aliphatic hydroxyl groups is 2. The molecule has 2 N–H and O–H groups in total. The summed E-state index contributed by atoms with van der Waals surface area (Å²) in [5.41, 5.74) is -2.37. The third-order valence-electron chi connectivity index (χ3n) is 3.19. The predicted octanol–water partition coefficient (Wildman–Crippen LogP) is -0.616. The van der Waals surface area contributed by atoms with E-state index in [2.05, 4.69) is 4.74 Å². The molecule has 6 heteroatoms. The molecule has 0 spiro atoms. The van der Waals surface area contributed by atoms with Gasteiger partial charge in [0, 0.05) is 39.1 Å². The third-order valence-corrected chi connectivity index (χ3v) is 3.19. The van der Waals surface area contributed by atoms with Crippen molar-refractivity contribution < 1.29 is 24.5 Å². The second-order valence-electron chi connectivity index (χ2n) is 5.27. The molecule has 0 aromatic heterocycles. The van der Waals surface area contributed by atoms with Crippen molar-refractivity contribution in [2.75, 3.05) is 40.5 Å². The highest BCUT2D eigenvalue weighted by molar-refractivity contribution is 5.78. The predicted molar refractivity (Wildman–Crippen MR) is 65.1 cm³/mol. The van der Waals surface area contributed by atoms with E-state index in [0.29, 0.717) is 32.6 Å². The van der Waals surface area contributed by atoms with Gasteiger partial charge in [-0.2, -0.15) is 0 Å². The summed E-state index contributed by atoms with van der Waals surface area (Å²) in [5.74, 6) is -0.673. The maximum absolute atomic E-state index is 11.4. The Bertz CT molecular complexity index is 286. The normalized spacial score (nSPS) is 22.6. The van der Waals surface area contributed by atoms with E-state index in [4.69, 9.17) is 4.74 Å². The number of carbonyl (C=O) groups is 1. The molecule has 0 radical (unpaired) electrons. The Labute approximate surface area is 107 Å². The molecule has 0 amide bonds. The zero-order valence-corrected chi connectivity index (χ0v) is 11.3. The van der Waals surface area contributed by atoms with Gasteiger partial charge in [0.25, 0.3) is 0 Å². The Morgan fingerprint density at radius 3 is 2.56 bits per heavy atom. The number of methoxy groups -OCH3 is 1. The van der Waals surface area contributed by atoms with Crippen molar-refractivity contribution in [1.82, 2.24) is 4.90 Å². The lowest BCUT2D eigenvalue weighted by molar-refractivity contribution is -0.163. The Morgan fingerprint density at radius 2 is 2.06 bits per heavy atom. The Morgan fingerprint density at radius 1 is 1.50 bits per heavy atom. The maximum atomic E-state index is 11.4. The summed E-state index contributed by atoms with van der Waals surface area (Å²) in [6.07, 6.45) is 1.13. The van der Waals surface area contributed by atoms with Gasteiger partial charge in [0.05, 0.1) is 12.7 Å². The van der Waals surface area contributed by atoms with Gasteiger partial charge in [-0.25, -0.2) is 4.79 Å². The first kappa shape index (κ1) is 15.4. The second kappa shape index (κ2) is 5.97. The molecule has 0 aromatic rings. The van der Waals surface area contributed by atoms with Gasteiger partial charge >= 0.3 is 5.97 Å².